The minimum atomic E-state index is -1.40. The summed E-state index contributed by atoms with van der Waals surface area (Å²) >= 11 is 0. The van der Waals surface area contributed by atoms with Gasteiger partial charge in [0.1, 0.15) is 36.3 Å². The number of aliphatic hydroxyl groups is 2. The van der Waals surface area contributed by atoms with Crippen LogP contribution in [0.4, 0.5) is 5.82 Å². The van der Waals surface area contributed by atoms with Crippen molar-refractivity contribution in [2.24, 2.45) is 0 Å². The molecule has 10 nitrogen and oxygen atoms in total. The number of carbonyl (C=O) groups excluding carboxylic acids is 1. The molecule has 0 spiro atoms. The van der Waals surface area contributed by atoms with Crippen LogP contribution in [0.5, 0.6) is 0 Å². The monoisotopic (exact) mass is 501 g/mol. The standard InChI is InChI=1S/C27H27N5O5/c28-25-19-26(30-13-29-25)32(14-31-19)27-22(35)21(34)24(37-27)23(20(33)16-8-2-1-3-9-16)36-18-12-6-10-15-7-4-5-11-17(15)18/h1-5,7-9,11,13-14,18,21-24,27,34-35H,6,10,12H2,(H2,28,29,30)/t18?,21-,22+,23?,24-,27+/m0/s1. The topological polar surface area (TPSA) is 146 Å². The summed E-state index contributed by atoms with van der Waals surface area (Å²) in [5, 5.41) is 22.2. The molecular weight excluding hydrogens is 474 g/mol. The van der Waals surface area contributed by atoms with Crippen LogP contribution in [-0.2, 0) is 15.9 Å². The summed E-state index contributed by atoms with van der Waals surface area (Å²) in [6.07, 6.45) is -1.20. The van der Waals surface area contributed by atoms with E-state index in [0.29, 0.717) is 16.7 Å². The molecule has 6 rings (SSSR count). The van der Waals surface area contributed by atoms with E-state index in [0.717, 1.165) is 24.8 Å². The first-order chi connectivity index (χ1) is 18.0. The third-order valence-electron chi connectivity index (χ3n) is 7.18. The number of nitrogens with two attached hydrogens (primary N) is 1. The number of ether oxygens (including phenoxy) is 2. The molecule has 0 radical (unpaired) electrons. The van der Waals surface area contributed by atoms with Gasteiger partial charge in [0.15, 0.2) is 23.5 Å². The number of fused-ring (bicyclic) bond motifs is 2. The second kappa shape index (κ2) is 9.64. The van der Waals surface area contributed by atoms with E-state index in [1.807, 2.05) is 24.3 Å². The molecule has 190 valence electrons. The van der Waals surface area contributed by atoms with Gasteiger partial charge in [-0.1, -0.05) is 54.6 Å². The van der Waals surface area contributed by atoms with Gasteiger partial charge in [0, 0.05) is 5.56 Å². The van der Waals surface area contributed by atoms with Gasteiger partial charge in [-0.3, -0.25) is 9.36 Å². The van der Waals surface area contributed by atoms with E-state index in [1.54, 1.807) is 24.3 Å². The van der Waals surface area contributed by atoms with Crippen LogP contribution in [-0.4, -0.2) is 59.9 Å². The quantitative estimate of drug-likeness (QED) is 0.339. The predicted octanol–water partition coefficient (Wildman–Crippen LogP) is 2.37. The number of aryl methyl sites for hydroxylation is 1. The van der Waals surface area contributed by atoms with Gasteiger partial charge in [-0.05, 0) is 30.4 Å². The van der Waals surface area contributed by atoms with E-state index in [9.17, 15) is 15.0 Å². The SMILES string of the molecule is Nc1ncnc2c1ncn2[C@@H]1O[C@H](C(OC2CCCc3ccccc32)C(=O)c2ccccc2)[C@@H](O)[C@H]1O. The van der Waals surface area contributed by atoms with Crippen LogP contribution in [0.2, 0.25) is 0 Å². The number of benzene rings is 2. The van der Waals surface area contributed by atoms with E-state index in [4.69, 9.17) is 15.2 Å². The molecule has 2 unspecified atom stereocenters. The van der Waals surface area contributed by atoms with Gasteiger partial charge in [-0.15, -0.1) is 0 Å². The highest BCUT2D eigenvalue weighted by Crippen LogP contribution is 2.39. The van der Waals surface area contributed by atoms with Gasteiger partial charge in [-0.2, -0.15) is 0 Å². The van der Waals surface area contributed by atoms with E-state index in [-0.39, 0.29) is 17.7 Å². The number of aromatic nitrogens is 4. The molecule has 2 aromatic carbocycles. The van der Waals surface area contributed by atoms with Crippen molar-refractivity contribution in [1.29, 1.82) is 0 Å². The molecule has 0 bridgehead atoms. The van der Waals surface area contributed by atoms with Gasteiger partial charge in [0.2, 0.25) is 0 Å². The fourth-order valence-electron chi connectivity index (χ4n) is 5.30. The third-order valence-corrected chi connectivity index (χ3v) is 7.18. The molecule has 0 saturated carbocycles. The number of nitrogen functional groups attached to an aromatic ring is 1. The van der Waals surface area contributed by atoms with Crippen molar-refractivity contribution in [1.82, 2.24) is 19.5 Å². The molecule has 0 amide bonds. The molecule has 4 N–H and O–H groups in total. The van der Waals surface area contributed by atoms with Gasteiger partial charge in [0.25, 0.3) is 0 Å². The number of carbonyl (C=O) groups is 1. The minimum Gasteiger partial charge on any atom is -0.387 e. The van der Waals surface area contributed by atoms with Gasteiger partial charge in [0.05, 0.1) is 12.4 Å². The van der Waals surface area contributed by atoms with E-state index < -0.39 is 30.6 Å². The summed E-state index contributed by atoms with van der Waals surface area (Å²) in [6.45, 7) is 0. The Labute approximate surface area is 212 Å². The van der Waals surface area contributed by atoms with Crippen LogP contribution >= 0.6 is 0 Å². The lowest BCUT2D eigenvalue weighted by Crippen LogP contribution is -2.45. The molecule has 2 aromatic heterocycles. The van der Waals surface area contributed by atoms with Gasteiger partial charge >= 0.3 is 0 Å². The summed E-state index contributed by atoms with van der Waals surface area (Å²) in [6, 6.07) is 16.8. The maximum Gasteiger partial charge on any atom is 0.194 e. The fraction of sp³-hybridized carbons (Fsp3) is 0.333. The van der Waals surface area contributed by atoms with Crippen molar-refractivity contribution in [2.75, 3.05) is 5.73 Å². The van der Waals surface area contributed by atoms with Crippen molar-refractivity contribution >= 4 is 22.8 Å². The molecule has 1 fully saturated rings. The highest BCUT2D eigenvalue weighted by atomic mass is 16.6. The lowest BCUT2D eigenvalue weighted by atomic mass is 9.89. The Morgan fingerprint density at radius 3 is 2.68 bits per heavy atom. The van der Waals surface area contributed by atoms with Crippen LogP contribution in [0.3, 0.4) is 0 Å². The second-order valence-corrected chi connectivity index (χ2v) is 9.42. The maximum atomic E-state index is 13.8. The van der Waals surface area contributed by atoms with Gasteiger partial charge in [-0.25, -0.2) is 15.0 Å². The summed E-state index contributed by atoms with van der Waals surface area (Å²) in [7, 11) is 0. The molecule has 1 aliphatic heterocycles. The Kier molecular flexibility index (Phi) is 6.17. The summed E-state index contributed by atoms with van der Waals surface area (Å²) < 4.78 is 14.2. The van der Waals surface area contributed by atoms with Crippen LogP contribution in [0.15, 0.2) is 67.3 Å². The van der Waals surface area contributed by atoms with Crippen molar-refractivity contribution in [2.45, 2.75) is 56.0 Å². The summed E-state index contributed by atoms with van der Waals surface area (Å²) in [5.41, 5.74) is 9.24. The van der Waals surface area contributed by atoms with Crippen molar-refractivity contribution in [3.63, 3.8) is 0 Å². The number of ketones is 1. The van der Waals surface area contributed by atoms with Crippen molar-refractivity contribution < 1.29 is 24.5 Å². The number of imidazole rings is 1. The molecule has 3 heterocycles. The maximum absolute atomic E-state index is 13.8. The largest absolute Gasteiger partial charge is 0.387 e. The number of rotatable bonds is 6. The average Bonchev–Trinajstić information content (AvgIpc) is 3.49. The first-order valence-electron chi connectivity index (χ1n) is 12.3. The first kappa shape index (κ1) is 23.7. The van der Waals surface area contributed by atoms with E-state index in [1.165, 1.54) is 22.8 Å². The molecule has 37 heavy (non-hydrogen) atoms. The highest BCUT2D eigenvalue weighted by molar-refractivity contribution is 6.00. The number of hydrogen-bond donors (Lipinski definition) is 3. The lowest BCUT2D eigenvalue weighted by Gasteiger charge is -2.32. The Morgan fingerprint density at radius 2 is 1.84 bits per heavy atom. The number of aliphatic hydroxyl groups excluding tert-OH is 2. The number of nitrogens with zero attached hydrogens (tertiary/aromatic N) is 4. The zero-order chi connectivity index (χ0) is 25.5. The third kappa shape index (κ3) is 4.17. The Balaban J connectivity index is 1.36. The molecule has 2 aliphatic rings. The second-order valence-electron chi connectivity index (χ2n) is 9.42. The fourth-order valence-corrected chi connectivity index (χ4v) is 5.30. The Hall–Kier alpha value is -3.70. The zero-order valence-electron chi connectivity index (χ0n) is 19.9. The Morgan fingerprint density at radius 1 is 1.05 bits per heavy atom. The molecule has 4 aromatic rings. The van der Waals surface area contributed by atoms with Crippen LogP contribution in [0, 0.1) is 0 Å². The number of hydrogen-bond acceptors (Lipinski definition) is 9. The molecule has 10 heteroatoms. The predicted molar refractivity (Wildman–Crippen MR) is 133 cm³/mol. The van der Waals surface area contributed by atoms with Crippen molar-refractivity contribution in [3.05, 3.63) is 83.9 Å². The summed E-state index contributed by atoms with van der Waals surface area (Å²) in [5.74, 6) is -0.146. The number of Topliss-reactive ketones (excluding diaryl/α,β-unsaturated/α-hetero) is 1. The molecular formula is C27H27N5O5. The van der Waals surface area contributed by atoms with E-state index >= 15 is 0 Å². The summed E-state index contributed by atoms with van der Waals surface area (Å²) in [4.78, 5) is 26.2. The highest BCUT2D eigenvalue weighted by Gasteiger charge is 2.51. The average molecular weight is 502 g/mol. The van der Waals surface area contributed by atoms with Crippen LogP contribution < -0.4 is 5.73 Å². The van der Waals surface area contributed by atoms with Crippen LogP contribution in [0.25, 0.3) is 11.2 Å². The zero-order valence-corrected chi connectivity index (χ0v) is 19.9. The smallest absolute Gasteiger partial charge is 0.194 e. The van der Waals surface area contributed by atoms with Gasteiger partial charge < -0.3 is 25.4 Å². The molecule has 6 atom stereocenters. The minimum absolute atomic E-state index is 0.185. The lowest BCUT2D eigenvalue weighted by molar-refractivity contribution is -0.115. The first-order valence-corrected chi connectivity index (χ1v) is 12.3. The molecule has 1 aliphatic carbocycles. The normalized spacial score (nSPS) is 26.2. The van der Waals surface area contributed by atoms with E-state index in [2.05, 4.69) is 21.0 Å². The number of anilines is 1. The van der Waals surface area contributed by atoms with Crippen molar-refractivity contribution in [3.8, 4) is 0 Å². The Bertz CT molecular complexity index is 1430. The van der Waals surface area contributed by atoms with Crippen LogP contribution in [0.1, 0.15) is 46.7 Å². The molecule has 1 saturated heterocycles.